The molecule has 0 fully saturated rings. The number of ether oxygens (including phenoxy) is 2. The molecule has 0 spiro atoms. The van der Waals surface area contributed by atoms with Crippen molar-refractivity contribution < 1.29 is 22.1 Å². The van der Waals surface area contributed by atoms with Gasteiger partial charge in [-0.25, -0.2) is 0 Å². The zero-order valence-electron chi connectivity index (χ0n) is 11.6. The van der Waals surface area contributed by atoms with Crippen molar-refractivity contribution in [3.63, 3.8) is 0 Å². The summed E-state index contributed by atoms with van der Waals surface area (Å²) in [7, 11) is -3.33. The van der Waals surface area contributed by atoms with Gasteiger partial charge in [-0.15, -0.1) is 11.6 Å². The average Bonchev–Trinajstić information content (AvgIpc) is 2.34. The first-order chi connectivity index (χ1) is 9.06. The van der Waals surface area contributed by atoms with Crippen LogP contribution in [0.1, 0.15) is 32.1 Å². The van der Waals surface area contributed by atoms with Crippen molar-refractivity contribution in [1.29, 1.82) is 0 Å². The molecule has 0 aromatic heterocycles. The van der Waals surface area contributed by atoms with Crippen LogP contribution in [0, 0.1) is 0 Å². The number of hydrogen-bond acceptors (Lipinski definition) is 5. The van der Waals surface area contributed by atoms with Gasteiger partial charge in [-0.3, -0.25) is 4.18 Å². The molecule has 0 heterocycles. The molecule has 7 heteroatoms. The van der Waals surface area contributed by atoms with Gasteiger partial charge in [0.15, 0.2) is 0 Å². The molecule has 0 N–H and O–H groups in total. The standard InChI is InChI=1S/C12H25ClO5S/c1-19(14,15)18-10-6-9-17-12-11-16-8-5-3-2-4-7-13/h2-12H2,1H3. The Morgan fingerprint density at radius 1 is 0.789 bits per heavy atom. The molecule has 0 aliphatic heterocycles. The van der Waals surface area contributed by atoms with Crippen LogP contribution in [-0.2, 0) is 23.8 Å². The van der Waals surface area contributed by atoms with E-state index in [1.54, 1.807) is 0 Å². The van der Waals surface area contributed by atoms with Crippen molar-refractivity contribution in [2.45, 2.75) is 32.1 Å². The molecule has 0 radical (unpaired) electrons. The van der Waals surface area contributed by atoms with Crippen LogP contribution in [-0.4, -0.2) is 53.6 Å². The quantitative estimate of drug-likeness (QED) is 0.279. The van der Waals surface area contributed by atoms with E-state index in [1.165, 1.54) is 0 Å². The van der Waals surface area contributed by atoms with Gasteiger partial charge in [0.2, 0.25) is 0 Å². The molecule has 116 valence electrons. The van der Waals surface area contributed by atoms with E-state index in [4.69, 9.17) is 21.1 Å². The number of alkyl halides is 1. The van der Waals surface area contributed by atoms with Crippen LogP contribution in [0.3, 0.4) is 0 Å². The van der Waals surface area contributed by atoms with Crippen LogP contribution in [0.4, 0.5) is 0 Å². The van der Waals surface area contributed by atoms with Crippen molar-refractivity contribution >= 4 is 21.7 Å². The molecule has 0 aliphatic rings. The third kappa shape index (κ3) is 18.1. The van der Waals surface area contributed by atoms with Crippen molar-refractivity contribution in [3.8, 4) is 0 Å². The molecule has 0 amide bonds. The van der Waals surface area contributed by atoms with Gasteiger partial charge in [0.05, 0.1) is 26.1 Å². The monoisotopic (exact) mass is 316 g/mol. The molecule has 0 atom stereocenters. The Morgan fingerprint density at radius 3 is 1.95 bits per heavy atom. The lowest BCUT2D eigenvalue weighted by atomic mass is 10.2. The Morgan fingerprint density at radius 2 is 1.37 bits per heavy atom. The van der Waals surface area contributed by atoms with Crippen LogP contribution in [0.2, 0.25) is 0 Å². The second-order valence-corrected chi connectivity index (χ2v) is 6.23. The van der Waals surface area contributed by atoms with Crippen LogP contribution < -0.4 is 0 Å². The lowest BCUT2D eigenvalue weighted by molar-refractivity contribution is 0.0425. The Kier molecular flexibility index (Phi) is 13.2. The van der Waals surface area contributed by atoms with E-state index in [0.29, 0.717) is 26.2 Å². The Labute approximate surface area is 121 Å². The number of unbranched alkanes of at least 4 members (excludes halogenated alkanes) is 3. The van der Waals surface area contributed by atoms with Gasteiger partial charge in [-0.1, -0.05) is 12.8 Å². The van der Waals surface area contributed by atoms with E-state index >= 15 is 0 Å². The topological polar surface area (TPSA) is 61.8 Å². The van der Waals surface area contributed by atoms with Crippen molar-refractivity contribution in [3.05, 3.63) is 0 Å². The SMILES string of the molecule is CS(=O)(=O)OCCCOCCOCCCCCCCl. The fourth-order valence-corrected chi connectivity index (χ4v) is 1.96. The Hall–Kier alpha value is 0.120. The number of hydrogen-bond donors (Lipinski definition) is 0. The molecule has 0 rings (SSSR count). The summed E-state index contributed by atoms with van der Waals surface area (Å²) in [5.74, 6) is 0.734. The molecule has 5 nitrogen and oxygen atoms in total. The van der Waals surface area contributed by atoms with E-state index in [9.17, 15) is 8.42 Å². The van der Waals surface area contributed by atoms with E-state index in [2.05, 4.69) is 4.18 Å². The average molecular weight is 317 g/mol. The maximum atomic E-state index is 10.6. The molecule has 0 aromatic rings. The Balaban J connectivity index is 3.03. The normalized spacial score (nSPS) is 11.9. The summed E-state index contributed by atoms with van der Waals surface area (Å²) >= 11 is 5.57. The summed E-state index contributed by atoms with van der Waals surface area (Å²) < 4.78 is 36.5. The van der Waals surface area contributed by atoms with E-state index in [0.717, 1.165) is 44.4 Å². The fourth-order valence-electron chi connectivity index (χ4n) is 1.35. The molecule has 0 saturated heterocycles. The molecular formula is C12H25ClO5S. The summed E-state index contributed by atoms with van der Waals surface area (Å²) in [5.41, 5.74) is 0. The van der Waals surface area contributed by atoms with E-state index < -0.39 is 10.1 Å². The predicted octanol–water partition coefficient (Wildman–Crippen LogP) is 2.19. The van der Waals surface area contributed by atoms with Gasteiger partial charge in [0.25, 0.3) is 10.1 Å². The zero-order valence-corrected chi connectivity index (χ0v) is 13.2. The summed E-state index contributed by atoms with van der Waals surface area (Å²) in [5, 5.41) is 0. The molecule has 0 aliphatic carbocycles. The number of halogens is 1. The van der Waals surface area contributed by atoms with Crippen molar-refractivity contribution in [2.24, 2.45) is 0 Å². The highest BCUT2D eigenvalue weighted by atomic mass is 35.5. The first-order valence-corrected chi connectivity index (χ1v) is 8.97. The summed E-state index contributed by atoms with van der Waals surface area (Å²) in [6.07, 6.45) is 6.03. The lowest BCUT2D eigenvalue weighted by Crippen LogP contribution is -2.09. The molecular weight excluding hydrogens is 292 g/mol. The second-order valence-electron chi connectivity index (χ2n) is 4.21. The smallest absolute Gasteiger partial charge is 0.264 e. The van der Waals surface area contributed by atoms with Gasteiger partial charge in [-0.05, 0) is 19.3 Å². The largest absolute Gasteiger partial charge is 0.379 e. The minimum absolute atomic E-state index is 0.167. The van der Waals surface area contributed by atoms with Gasteiger partial charge in [-0.2, -0.15) is 8.42 Å². The van der Waals surface area contributed by atoms with Crippen LogP contribution in [0.5, 0.6) is 0 Å². The molecule has 0 unspecified atom stereocenters. The highest BCUT2D eigenvalue weighted by molar-refractivity contribution is 7.85. The summed E-state index contributed by atoms with van der Waals surface area (Å²) in [6.45, 7) is 2.50. The Bertz CT molecular complexity index is 282. The lowest BCUT2D eigenvalue weighted by Gasteiger charge is -2.06. The van der Waals surface area contributed by atoms with Gasteiger partial charge < -0.3 is 9.47 Å². The minimum atomic E-state index is -3.33. The van der Waals surface area contributed by atoms with Gasteiger partial charge in [0.1, 0.15) is 0 Å². The second kappa shape index (κ2) is 13.1. The molecule has 0 bridgehead atoms. The molecule has 0 saturated carbocycles. The van der Waals surface area contributed by atoms with Gasteiger partial charge >= 0.3 is 0 Å². The third-order valence-corrected chi connectivity index (χ3v) is 3.14. The first-order valence-electron chi connectivity index (χ1n) is 6.62. The minimum Gasteiger partial charge on any atom is -0.379 e. The number of rotatable bonds is 14. The zero-order chi connectivity index (χ0) is 14.4. The van der Waals surface area contributed by atoms with Crippen molar-refractivity contribution in [1.82, 2.24) is 0 Å². The van der Waals surface area contributed by atoms with E-state index in [1.807, 2.05) is 0 Å². The summed E-state index contributed by atoms with van der Waals surface area (Å²) in [6, 6.07) is 0. The fraction of sp³-hybridized carbons (Fsp3) is 1.00. The molecule has 19 heavy (non-hydrogen) atoms. The van der Waals surface area contributed by atoms with Crippen LogP contribution in [0.25, 0.3) is 0 Å². The maximum Gasteiger partial charge on any atom is 0.264 e. The van der Waals surface area contributed by atoms with Crippen molar-refractivity contribution in [2.75, 3.05) is 45.2 Å². The highest BCUT2D eigenvalue weighted by Crippen LogP contribution is 2.01. The van der Waals surface area contributed by atoms with Crippen LogP contribution >= 0.6 is 11.6 Å². The highest BCUT2D eigenvalue weighted by Gasteiger charge is 2.00. The first kappa shape index (κ1) is 19.1. The third-order valence-electron chi connectivity index (χ3n) is 2.27. The summed E-state index contributed by atoms with van der Waals surface area (Å²) in [4.78, 5) is 0. The molecule has 0 aromatic carbocycles. The van der Waals surface area contributed by atoms with Gasteiger partial charge in [0, 0.05) is 19.1 Å². The maximum absolute atomic E-state index is 10.6. The predicted molar refractivity (Wildman–Crippen MR) is 76.2 cm³/mol. The van der Waals surface area contributed by atoms with Crippen LogP contribution in [0.15, 0.2) is 0 Å². The van der Waals surface area contributed by atoms with E-state index in [-0.39, 0.29) is 6.61 Å².